The van der Waals surface area contributed by atoms with E-state index in [1.807, 2.05) is 62.4 Å². The lowest BCUT2D eigenvalue weighted by molar-refractivity contribution is -0.142. The van der Waals surface area contributed by atoms with Gasteiger partial charge in [-0.1, -0.05) is 36.4 Å². The predicted molar refractivity (Wildman–Crippen MR) is 164 cm³/mol. The lowest BCUT2D eigenvalue weighted by atomic mass is 9.91. The summed E-state index contributed by atoms with van der Waals surface area (Å²) in [7, 11) is 0. The fourth-order valence-electron chi connectivity index (χ4n) is 5.91. The number of rotatable bonds is 10. The molecule has 1 aliphatic heterocycles. The Morgan fingerprint density at radius 2 is 1.74 bits per heavy atom. The number of phenols is 1. The summed E-state index contributed by atoms with van der Waals surface area (Å²) in [4.78, 5) is 36.7. The van der Waals surface area contributed by atoms with Crippen LogP contribution in [0.2, 0.25) is 0 Å². The van der Waals surface area contributed by atoms with Gasteiger partial charge in [0.15, 0.2) is 0 Å². The minimum absolute atomic E-state index is 0.177. The molecule has 1 aliphatic rings. The van der Waals surface area contributed by atoms with Gasteiger partial charge in [0.1, 0.15) is 17.6 Å². The van der Waals surface area contributed by atoms with E-state index in [1.165, 1.54) is 0 Å². The number of aromatic amines is 1. The molecular weight excluding hydrogens is 528 g/mol. The van der Waals surface area contributed by atoms with Gasteiger partial charge in [0.25, 0.3) is 0 Å². The van der Waals surface area contributed by atoms with Crippen molar-refractivity contribution in [2.75, 3.05) is 6.54 Å². The van der Waals surface area contributed by atoms with Crippen molar-refractivity contribution in [3.05, 3.63) is 94.3 Å². The summed E-state index contributed by atoms with van der Waals surface area (Å²) in [6, 6.07) is 17.5. The fourth-order valence-corrected chi connectivity index (χ4v) is 5.91. The number of amides is 2. The highest BCUT2D eigenvalue weighted by Gasteiger charge is 2.36. The molecule has 2 amide bonds. The van der Waals surface area contributed by atoms with Crippen LogP contribution in [0.3, 0.4) is 0 Å². The number of carbonyl (C=O) groups is 2. The molecule has 9 heteroatoms. The quantitative estimate of drug-likeness (QED) is 0.184. The number of carbonyl (C=O) groups excluding carboxylic acids is 2. The van der Waals surface area contributed by atoms with Crippen molar-refractivity contribution >= 4 is 22.8 Å². The number of nitrogens with two attached hydrogens (primary N) is 2. The number of aryl methyl sites for hydroxylation is 2. The maximum atomic E-state index is 13.7. The highest BCUT2D eigenvalue weighted by molar-refractivity contribution is 5.90. The minimum Gasteiger partial charge on any atom is -0.508 e. The van der Waals surface area contributed by atoms with E-state index >= 15 is 0 Å². The highest BCUT2D eigenvalue weighted by Crippen LogP contribution is 2.26. The maximum Gasteiger partial charge on any atom is 0.243 e. The molecule has 4 aromatic rings. The molecule has 3 atom stereocenters. The van der Waals surface area contributed by atoms with Gasteiger partial charge in [-0.15, -0.1) is 0 Å². The molecule has 0 aliphatic carbocycles. The summed E-state index contributed by atoms with van der Waals surface area (Å²) in [6.07, 6.45) is 3.09. The second kappa shape index (κ2) is 12.8. The van der Waals surface area contributed by atoms with Gasteiger partial charge < -0.3 is 31.8 Å². The molecule has 9 nitrogen and oxygen atoms in total. The summed E-state index contributed by atoms with van der Waals surface area (Å²) < 4.78 is 0. The van der Waals surface area contributed by atoms with E-state index in [2.05, 4.69) is 15.3 Å². The molecular formula is C33H40N6O3. The first-order chi connectivity index (χ1) is 20.2. The van der Waals surface area contributed by atoms with Crippen molar-refractivity contribution in [2.24, 2.45) is 11.5 Å². The summed E-state index contributed by atoms with van der Waals surface area (Å²) in [6.45, 7) is 4.62. The first-order valence-electron chi connectivity index (χ1n) is 14.6. The van der Waals surface area contributed by atoms with Gasteiger partial charge >= 0.3 is 0 Å². The monoisotopic (exact) mass is 568 g/mol. The van der Waals surface area contributed by atoms with Gasteiger partial charge in [0.2, 0.25) is 11.8 Å². The number of aromatic nitrogens is 2. The molecule has 0 saturated heterocycles. The number of hydrogen-bond acceptors (Lipinski definition) is 6. The molecule has 5 rings (SSSR count). The third-order valence-electron chi connectivity index (χ3n) is 8.26. The standard InChI is InChI=1S/C33H40N6O3/c1-20-15-24(40)16-21(2)25(20)18-27(35)33(42)39-19-23-10-4-3-9-22(23)17-30(39)32(41)36-14-8-7-11-26(34)31-37-28-12-5-6-13-29(28)38-31/h3-6,9-10,12-13,15-16,26-27,30,40H,7-8,11,14,17-19,34-35H2,1-2H3,(H,36,41)(H,37,38)/t26-,27-,30-/m0/s1. The average molecular weight is 569 g/mol. The molecule has 1 aromatic heterocycles. The Kier molecular flexibility index (Phi) is 8.89. The third kappa shape index (κ3) is 6.48. The van der Waals surface area contributed by atoms with Crippen LogP contribution in [0.25, 0.3) is 11.0 Å². The van der Waals surface area contributed by atoms with Gasteiger partial charge in [0.05, 0.1) is 23.1 Å². The number of benzene rings is 3. The van der Waals surface area contributed by atoms with Crippen LogP contribution in [0.4, 0.5) is 0 Å². The van der Waals surface area contributed by atoms with Crippen LogP contribution in [0, 0.1) is 13.8 Å². The minimum atomic E-state index is -0.813. The van der Waals surface area contributed by atoms with E-state index in [4.69, 9.17) is 11.5 Å². The van der Waals surface area contributed by atoms with Crippen LogP contribution in [-0.2, 0) is 29.0 Å². The van der Waals surface area contributed by atoms with Crippen LogP contribution in [-0.4, -0.2) is 50.4 Å². The summed E-state index contributed by atoms with van der Waals surface area (Å²) in [5.74, 6) is 0.524. The molecule has 2 heterocycles. The normalized spacial score (nSPS) is 16.2. The summed E-state index contributed by atoms with van der Waals surface area (Å²) in [5.41, 5.74) is 19.5. The zero-order valence-electron chi connectivity index (χ0n) is 24.3. The number of aromatic hydroxyl groups is 1. The van der Waals surface area contributed by atoms with Crippen molar-refractivity contribution in [2.45, 2.75) is 70.6 Å². The zero-order valence-corrected chi connectivity index (χ0v) is 24.3. The molecule has 42 heavy (non-hydrogen) atoms. The number of unbranched alkanes of at least 4 members (excludes halogenated alkanes) is 1. The molecule has 0 unspecified atom stereocenters. The average Bonchev–Trinajstić information content (AvgIpc) is 3.42. The molecule has 220 valence electrons. The van der Waals surface area contributed by atoms with E-state index in [-0.39, 0.29) is 23.6 Å². The lowest BCUT2D eigenvalue weighted by Crippen LogP contribution is -2.56. The van der Waals surface area contributed by atoms with Gasteiger partial charge in [-0.25, -0.2) is 4.98 Å². The molecule has 0 bridgehead atoms. The second-order valence-electron chi connectivity index (χ2n) is 11.4. The Balaban J connectivity index is 1.19. The summed E-state index contributed by atoms with van der Waals surface area (Å²) in [5, 5.41) is 13.0. The van der Waals surface area contributed by atoms with Gasteiger partial charge in [-0.3, -0.25) is 9.59 Å². The number of nitrogens with one attached hydrogen (secondary N) is 2. The van der Waals surface area contributed by atoms with E-state index in [1.54, 1.807) is 17.0 Å². The van der Waals surface area contributed by atoms with Crippen molar-refractivity contribution in [1.82, 2.24) is 20.2 Å². The number of nitrogens with zero attached hydrogens (tertiary/aromatic N) is 2. The molecule has 7 N–H and O–H groups in total. The Labute approximate surface area is 246 Å². The first-order valence-corrected chi connectivity index (χ1v) is 14.6. The van der Waals surface area contributed by atoms with E-state index in [0.717, 1.165) is 63.9 Å². The van der Waals surface area contributed by atoms with E-state index in [0.29, 0.717) is 25.9 Å². The van der Waals surface area contributed by atoms with Crippen LogP contribution >= 0.6 is 0 Å². The Morgan fingerprint density at radius 1 is 1.05 bits per heavy atom. The largest absolute Gasteiger partial charge is 0.508 e. The Morgan fingerprint density at radius 3 is 2.48 bits per heavy atom. The summed E-state index contributed by atoms with van der Waals surface area (Å²) >= 11 is 0. The highest BCUT2D eigenvalue weighted by atomic mass is 16.3. The number of hydrogen-bond donors (Lipinski definition) is 5. The van der Waals surface area contributed by atoms with Gasteiger partial charge in [-0.05, 0) is 91.6 Å². The Bertz CT molecular complexity index is 1530. The topological polar surface area (TPSA) is 150 Å². The van der Waals surface area contributed by atoms with Crippen LogP contribution in [0.5, 0.6) is 5.75 Å². The molecule has 0 spiro atoms. The fraction of sp³-hybridized carbons (Fsp3) is 0.364. The predicted octanol–water partition coefficient (Wildman–Crippen LogP) is 3.70. The first kappa shape index (κ1) is 29.3. The number of phenolic OH excluding ortho intramolecular Hbond substituents is 1. The number of H-pyrrole nitrogens is 1. The molecule has 3 aromatic carbocycles. The van der Waals surface area contributed by atoms with Crippen molar-refractivity contribution in [3.63, 3.8) is 0 Å². The molecule has 0 fully saturated rings. The Hall–Kier alpha value is -4.21. The number of imidazole rings is 1. The van der Waals surface area contributed by atoms with Crippen molar-refractivity contribution in [3.8, 4) is 5.75 Å². The maximum absolute atomic E-state index is 13.7. The van der Waals surface area contributed by atoms with Crippen LogP contribution < -0.4 is 16.8 Å². The molecule has 0 saturated carbocycles. The van der Waals surface area contributed by atoms with Crippen LogP contribution in [0.1, 0.15) is 58.9 Å². The number of para-hydroxylation sites is 2. The van der Waals surface area contributed by atoms with Crippen LogP contribution in [0.15, 0.2) is 60.7 Å². The van der Waals surface area contributed by atoms with Gasteiger partial charge in [0, 0.05) is 19.5 Å². The zero-order chi connectivity index (χ0) is 29.8. The molecule has 0 radical (unpaired) electrons. The third-order valence-corrected chi connectivity index (χ3v) is 8.26. The van der Waals surface area contributed by atoms with E-state index in [9.17, 15) is 14.7 Å². The lowest BCUT2D eigenvalue weighted by Gasteiger charge is -2.37. The smallest absolute Gasteiger partial charge is 0.243 e. The van der Waals surface area contributed by atoms with Crippen molar-refractivity contribution in [1.29, 1.82) is 0 Å². The van der Waals surface area contributed by atoms with Gasteiger partial charge in [-0.2, -0.15) is 0 Å². The second-order valence-corrected chi connectivity index (χ2v) is 11.4. The van der Waals surface area contributed by atoms with Crippen molar-refractivity contribution < 1.29 is 14.7 Å². The number of fused-ring (bicyclic) bond motifs is 2. The van der Waals surface area contributed by atoms with E-state index < -0.39 is 12.1 Å². The SMILES string of the molecule is Cc1cc(O)cc(C)c1C[C@H](N)C(=O)N1Cc2ccccc2C[C@H]1C(=O)NCCCC[C@H](N)c1nc2ccccc2[nH]1.